The molecule has 1 aromatic carbocycles. The van der Waals surface area contributed by atoms with Crippen LogP contribution in [0.15, 0.2) is 36.7 Å². The van der Waals surface area contributed by atoms with E-state index in [0.717, 1.165) is 42.8 Å². The van der Waals surface area contributed by atoms with Gasteiger partial charge in [-0.05, 0) is 30.9 Å². The molecule has 0 spiro atoms. The number of methoxy groups -OCH3 is 2. The molecule has 2 aliphatic rings. The summed E-state index contributed by atoms with van der Waals surface area (Å²) in [6.07, 6.45) is 5.13. The van der Waals surface area contributed by atoms with Crippen LogP contribution in [0.5, 0.6) is 11.9 Å². The van der Waals surface area contributed by atoms with Crippen LogP contribution in [-0.2, 0) is 12.1 Å². The lowest BCUT2D eigenvalue weighted by Gasteiger charge is -2.31. The van der Waals surface area contributed by atoms with Gasteiger partial charge in [0.05, 0.1) is 42.7 Å². The summed E-state index contributed by atoms with van der Waals surface area (Å²) >= 11 is 0. The molecule has 156 valence electrons. The minimum atomic E-state index is -1.01. The molecule has 0 bridgehead atoms. The highest BCUT2D eigenvalue weighted by atomic mass is 16.5. The normalized spacial score (nSPS) is 26.1. The van der Waals surface area contributed by atoms with E-state index in [1.54, 1.807) is 13.3 Å². The Labute approximate surface area is 174 Å². The third kappa shape index (κ3) is 3.16. The quantitative estimate of drug-likeness (QED) is 0.688. The summed E-state index contributed by atoms with van der Waals surface area (Å²) in [4.78, 5) is 20.1. The van der Waals surface area contributed by atoms with Crippen LogP contribution in [0.3, 0.4) is 0 Å². The Hall–Kier alpha value is -2.84. The second-order valence-electron chi connectivity index (χ2n) is 8.15. The summed E-state index contributed by atoms with van der Waals surface area (Å²) in [5, 5.41) is 11.7. The van der Waals surface area contributed by atoms with E-state index in [1.807, 2.05) is 30.5 Å². The van der Waals surface area contributed by atoms with E-state index >= 15 is 0 Å². The van der Waals surface area contributed by atoms with Gasteiger partial charge in [-0.3, -0.25) is 9.88 Å². The van der Waals surface area contributed by atoms with Crippen molar-refractivity contribution in [3.63, 3.8) is 0 Å². The van der Waals surface area contributed by atoms with Gasteiger partial charge in [0.25, 0.3) is 0 Å². The number of nitrogens with zero attached hydrogens (tertiary/aromatic N) is 5. The zero-order chi connectivity index (χ0) is 20.7. The zero-order valence-corrected chi connectivity index (χ0v) is 17.2. The largest absolute Gasteiger partial charge is 0.481 e. The molecule has 1 N–H and O–H groups in total. The van der Waals surface area contributed by atoms with E-state index in [-0.39, 0.29) is 11.9 Å². The number of likely N-dealkylation sites (tertiary alicyclic amines) is 1. The summed E-state index contributed by atoms with van der Waals surface area (Å²) in [7, 11) is 3.07. The van der Waals surface area contributed by atoms with Crippen LogP contribution < -0.4 is 9.47 Å². The molecule has 3 aromatic rings. The third-order valence-electron chi connectivity index (χ3n) is 6.48. The summed E-state index contributed by atoms with van der Waals surface area (Å²) in [5.41, 5.74) is 2.39. The Morgan fingerprint density at radius 1 is 1.07 bits per heavy atom. The number of aliphatic hydroxyl groups is 1. The number of hydrogen-bond acceptors (Lipinski definition) is 8. The molecule has 1 aliphatic carbocycles. The molecule has 8 nitrogen and oxygen atoms in total. The van der Waals surface area contributed by atoms with Crippen molar-refractivity contribution in [1.29, 1.82) is 0 Å². The molecule has 5 rings (SSSR count). The van der Waals surface area contributed by atoms with E-state index in [2.05, 4.69) is 19.9 Å². The molecular formula is C22H25N5O3. The van der Waals surface area contributed by atoms with Gasteiger partial charge in [-0.2, -0.15) is 4.98 Å². The summed E-state index contributed by atoms with van der Waals surface area (Å²) in [6.45, 7) is 2.43. The number of rotatable bonds is 5. The number of hydrogen-bond donors (Lipinski definition) is 1. The Kier molecular flexibility index (Phi) is 4.75. The monoisotopic (exact) mass is 407 g/mol. The van der Waals surface area contributed by atoms with Crippen LogP contribution in [-0.4, -0.2) is 57.3 Å². The highest BCUT2D eigenvalue weighted by Crippen LogP contribution is 2.52. The lowest BCUT2D eigenvalue weighted by atomic mass is 9.83. The van der Waals surface area contributed by atoms with Gasteiger partial charge in [-0.15, -0.1) is 0 Å². The van der Waals surface area contributed by atoms with Gasteiger partial charge in [0.2, 0.25) is 5.88 Å². The number of para-hydroxylation sites is 2. The van der Waals surface area contributed by atoms with E-state index in [4.69, 9.17) is 14.5 Å². The van der Waals surface area contributed by atoms with Crippen molar-refractivity contribution in [2.24, 2.45) is 11.8 Å². The fraction of sp³-hybridized carbons (Fsp3) is 0.455. The SMILES string of the molecule is COc1ncc([C@@]2(O)CC[C@@H]3CN(Cc4cnc5ccccc5n4)C[C@@H]32)c(OC)n1. The van der Waals surface area contributed by atoms with E-state index in [9.17, 15) is 5.11 Å². The number of benzene rings is 1. The van der Waals surface area contributed by atoms with Crippen LogP contribution >= 0.6 is 0 Å². The molecule has 1 saturated heterocycles. The van der Waals surface area contributed by atoms with E-state index in [1.165, 1.54) is 7.11 Å². The van der Waals surface area contributed by atoms with Crippen LogP contribution in [0.1, 0.15) is 24.1 Å². The topological polar surface area (TPSA) is 93.5 Å². The van der Waals surface area contributed by atoms with E-state index in [0.29, 0.717) is 23.8 Å². The van der Waals surface area contributed by atoms with Crippen molar-refractivity contribution in [2.75, 3.05) is 27.3 Å². The predicted octanol–water partition coefficient (Wildman–Crippen LogP) is 2.17. The molecule has 2 aromatic heterocycles. The van der Waals surface area contributed by atoms with Crippen LogP contribution in [0.25, 0.3) is 11.0 Å². The minimum absolute atomic E-state index is 0.0943. The van der Waals surface area contributed by atoms with Crippen LogP contribution in [0.4, 0.5) is 0 Å². The van der Waals surface area contributed by atoms with Gasteiger partial charge >= 0.3 is 6.01 Å². The lowest BCUT2D eigenvalue weighted by molar-refractivity contribution is -0.00976. The molecular weight excluding hydrogens is 382 g/mol. The minimum Gasteiger partial charge on any atom is -0.481 e. The van der Waals surface area contributed by atoms with Gasteiger partial charge in [0.1, 0.15) is 5.60 Å². The fourth-order valence-corrected chi connectivity index (χ4v) is 5.05. The van der Waals surface area contributed by atoms with Crippen LogP contribution in [0, 0.1) is 11.8 Å². The molecule has 2 fully saturated rings. The zero-order valence-electron chi connectivity index (χ0n) is 17.2. The molecule has 30 heavy (non-hydrogen) atoms. The van der Waals surface area contributed by atoms with Crippen molar-refractivity contribution in [1.82, 2.24) is 24.8 Å². The van der Waals surface area contributed by atoms with Gasteiger partial charge in [-0.1, -0.05) is 12.1 Å². The van der Waals surface area contributed by atoms with E-state index < -0.39 is 5.60 Å². The standard InChI is InChI=1S/C22H25N5O3/c1-29-20-16(10-24-21(26-20)30-2)22(28)8-7-14-11-27(13-17(14)22)12-15-9-23-18-5-3-4-6-19(18)25-15/h3-6,9-10,14,17,28H,7-8,11-13H2,1-2H3/t14-,17+,22+/m1/s1. The first-order chi connectivity index (χ1) is 14.6. The molecule has 3 heterocycles. The average molecular weight is 407 g/mol. The molecule has 1 aliphatic heterocycles. The maximum Gasteiger partial charge on any atom is 0.319 e. The number of ether oxygens (including phenoxy) is 2. The Morgan fingerprint density at radius 2 is 1.90 bits per heavy atom. The van der Waals surface area contributed by atoms with Crippen molar-refractivity contribution >= 4 is 11.0 Å². The molecule has 0 radical (unpaired) electrons. The highest BCUT2D eigenvalue weighted by Gasteiger charge is 2.53. The second kappa shape index (κ2) is 7.45. The fourth-order valence-electron chi connectivity index (χ4n) is 5.05. The van der Waals surface area contributed by atoms with Crippen LogP contribution in [0.2, 0.25) is 0 Å². The Morgan fingerprint density at radius 3 is 2.70 bits per heavy atom. The van der Waals surface area contributed by atoms with Crippen molar-refractivity contribution in [3.05, 3.63) is 47.9 Å². The first-order valence-corrected chi connectivity index (χ1v) is 10.2. The van der Waals surface area contributed by atoms with Crippen molar-refractivity contribution < 1.29 is 14.6 Å². The maximum absolute atomic E-state index is 11.7. The predicted molar refractivity (Wildman–Crippen MR) is 110 cm³/mol. The van der Waals surface area contributed by atoms with Crippen molar-refractivity contribution in [2.45, 2.75) is 25.0 Å². The maximum atomic E-state index is 11.7. The average Bonchev–Trinajstić information content (AvgIpc) is 3.33. The number of aromatic nitrogens is 4. The summed E-state index contributed by atoms with van der Waals surface area (Å²) in [5.74, 6) is 0.885. The molecule has 0 amide bonds. The summed E-state index contributed by atoms with van der Waals surface area (Å²) in [6, 6.07) is 8.13. The smallest absolute Gasteiger partial charge is 0.319 e. The molecule has 3 atom stereocenters. The number of fused-ring (bicyclic) bond motifs is 2. The first-order valence-electron chi connectivity index (χ1n) is 10.2. The van der Waals surface area contributed by atoms with Gasteiger partial charge in [-0.25, -0.2) is 9.97 Å². The second-order valence-corrected chi connectivity index (χ2v) is 8.15. The Balaban J connectivity index is 1.37. The lowest BCUT2D eigenvalue weighted by Crippen LogP contribution is -2.35. The van der Waals surface area contributed by atoms with Crippen molar-refractivity contribution in [3.8, 4) is 11.9 Å². The first kappa shape index (κ1) is 19.1. The Bertz CT molecular complexity index is 1080. The third-order valence-corrected chi connectivity index (χ3v) is 6.48. The molecule has 0 unspecified atom stereocenters. The highest BCUT2D eigenvalue weighted by molar-refractivity contribution is 5.73. The van der Waals surface area contributed by atoms with Gasteiger partial charge < -0.3 is 14.6 Å². The summed E-state index contributed by atoms with van der Waals surface area (Å²) < 4.78 is 10.6. The van der Waals surface area contributed by atoms with Gasteiger partial charge in [0.15, 0.2) is 0 Å². The molecule has 8 heteroatoms. The van der Waals surface area contributed by atoms with Gasteiger partial charge in [0, 0.05) is 31.7 Å². The molecule has 1 saturated carbocycles.